The first-order valence-corrected chi connectivity index (χ1v) is 22.0. The molecule has 4 N–H and O–H groups in total. The van der Waals surface area contributed by atoms with E-state index in [0.717, 1.165) is 10.5 Å². The van der Waals surface area contributed by atoms with Crippen LogP contribution in [-0.2, 0) is 54.3 Å². The third kappa shape index (κ3) is 14.2. The lowest BCUT2D eigenvalue weighted by molar-refractivity contribution is -0.148. The molecule has 0 spiro atoms. The first-order valence-electron chi connectivity index (χ1n) is 22.0. The summed E-state index contributed by atoms with van der Waals surface area (Å²) < 4.78 is 11.9. The van der Waals surface area contributed by atoms with Gasteiger partial charge >= 0.3 is 5.97 Å². The quantitative estimate of drug-likeness (QED) is 0.0827. The van der Waals surface area contributed by atoms with E-state index in [1.807, 2.05) is 19.9 Å². The number of unbranched alkanes of at least 4 members (excludes halogenated alkanes) is 1. The van der Waals surface area contributed by atoms with Gasteiger partial charge in [0.15, 0.2) is 0 Å². The molecule has 1 fully saturated rings. The number of carboxylic acid groups (broad SMARTS) is 1. The molecule has 17 nitrogen and oxygen atoms in total. The normalized spacial score (nSPS) is 18.6. The maximum absolute atomic E-state index is 14.4. The average Bonchev–Trinajstić information content (AvgIpc) is 3.85. The van der Waals surface area contributed by atoms with Crippen molar-refractivity contribution in [2.45, 2.75) is 142 Å². The van der Waals surface area contributed by atoms with E-state index in [4.69, 9.17) is 9.47 Å². The number of likely N-dealkylation sites (tertiary alicyclic amines) is 1. The molecule has 0 bridgehead atoms. The number of imide groups is 1. The summed E-state index contributed by atoms with van der Waals surface area (Å²) >= 11 is 0. The Balaban J connectivity index is 1.69. The molecule has 1 saturated heterocycles. The Morgan fingerprint density at radius 3 is 2.13 bits per heavy atom. The zero-order chi connectivity index (χ0) is 47.2. The van der Waals surface area contributed by atoms with Crippen molar-refractivity contribution in [3.63, 3.8) is 0 Å². The highest BCUT2D eigenvalue weighted by Crippen LogP contribution is 2.30. The van der Waals surface area contributed by atoms with E-state index in [2.05, 4.69) is 16.0 Å². The topological polar surface area (TPSA) is 221 Å². The van der Waals surface area contributed by atoms with Gasteiger partial charge < -0.3 is 40.3 Å². The first kappa shape index (κ1) is 52.2. The van der Waals surface area contributed by atoms with Crippen LogP contribution in [0.4, 0.5) is 0 Å². The fourth-order valence-corrected chi connectivity index (χ4v) is 8.39. The summed E-state index contributed by atoms with van der Waals surface area (Å²) in [7, 11) is 4.59. The van der Waals surface area contributed by atoms with Gasteiger partial charge in [0.2, 0.25) is 29.5 Å². The first-order chi connectivity index (χ1) is 29.7. The Hall–Kier alpha value is -5.16. The van der Waals surface area contributed by atoms with Gasteiger partial charge in [-0.3, -0.25) is 38.5 Å². The van der Waals surface area contributed by atoms with Crippen LogP contribution in [0.1, 0.15) is 99.0 Å². The highest BCUT2D eigenvalue weighted by atomic mass is 16.5. The van der Waals surface area contributed by atoms with Crippen LogP contribution in [0, 0.1) is 17.8 Å². The van der Waals surface area contributed by atoms with Crippen LogP contribution in [0.5, 0.6) is 0 Å². The Kier molecular flexibility index (Phi) is 19.9. The number of likely N-dealkylation sites (N-methyl/N-ethyl adjacent to an activating group) is 1. The number of amides is 7. The van der Waals surface area contributed by atoms with Gasteiger partial charge in [-0.25, -0.2) is 4.79 Å². The number of nitrogens with one attached hydrogen (secondary N) is 3. The number of nitrogens with zero attached hydrogens (tertiary/aromatic N) is 3. The molecule has 0 aliphatic carbocycles. The van der Waals surface area contributed by atoms with Crippen molar-refractivity contribution >= 4 is 47.3 Å². The van der Waals surface area contributed by atoms with Crippen LogP contribution in [0.25, 0.3) is 0 Å². The summed E-state index contributed by atoms with van der Waals surface area (Å²) in [6.07, 6.45) is 3.65. The van der Waals surface area contributed by atoms with E-state index in [9.17, 15) is 43.5 Å². The molecule has 0 saturated carbocycles. The fourth-order valence-electron chi connectivity index (χ4n) is 8.39. The van der Waals surface area contributed by atoms with Crippen LogP contribution < -0.4 is 16.0 Å². The summed E-state index contributed by atoms with van der Waals surface area (Å²) in [4.78, 5) is 109. The number of hydrogen-bond acceptors (Lipinski definition) is 10. The minimum absolute atomic E-state index is 0.0599. The summed E-state index contributed by atoms with van der Waals surface area (Å²) in [5.41, 5.74) is -0.633. The molecule has 3 rings (SSSR count). The Bertz CT molecular complexity index is 1780. The summed E-state index contributed by atoms with van der Waals surface area (Å²) in [5, 5.41) is 18.2. The van der Waals surface area contributed by atoms with Crippen molar-refractivity contribution in [2.75, 3.05) is 34.4 Å². The largest absolute Gasteiger partial charge is 0.480 e. The molecule has 350 valence electrons. The average molecular weight is 883 g/mol. The van der Waals surface area contributed by atoms with Gasteiger partial charge in [-0.2, -0.15) is 0 Å². The van der Waals surface area contributed by atoms with Gasteiger partial charge in [0.1, 0.15) is 17.6 Å². The molecule has 2 aliphatic rings. The molecular weight excluding hydrogens is 813 g/mol. The summed E-state index contributed by atoms with van der Waals surface area (Å²) in [6, 6.07) is 5.79. The monoisotopic (exact) mass is 883 g/mol. The molecule has 7 amide bonds. The van der Waals surface area contributed by atoms with Gasteiger partial charge in [0.05, 0.1) is 36.6 Å². The maximum Gasteiger partial charge on any atom is 0.326 e. The molecule has 8 atom stereocenters. The maximum atomic E-state index is 14.4. The summed E-state index contributed by atoms with van der Waals surface area (Å²) in [5.74, 6) is -5.37. The number of rotatable bonds is 25. The molecule has 17 heteroatoms. The van der Waals surface area contributed by atoms with E-state index >= 15 is 0 Å². The minimum atomic E-state index is -1.39. The predicted molar refractivity (Wildman–Crippen MR) is 235 cm³/mol. The molecule has 1 aromatic rings. The van der Waals surface area contributed by atoms with Crippen LogP contribution >= 0.6 is 0 Å². The number of carbonyl (C=O) groups excluding carboxylic acids is 7. The SMILES string of the molecule is CC[C@H](C)[C@@H]([C@@H](CC(=O)N1CCC[C@H]1[C@H](OC)[C@@H](C)C(=O)N[C@@H](Cc1ccccc1)C(=O)O)OC)N(C)C(=O)[C@@H](NC(=O)C(C)(C)NC(=O)CCCCN1C(=O)C=CC1=O)C(C)C. The van der Waals surface area contributed by atoms with Gasteiger partial charge in [0, 0.05) is 59.4 Å². The van der Waals surface area contributed by atoms with E-state index in [-0.39, 0.29) is 55.4 Å². The molecule has 0 unspecified atom stereocenters. The molecule has 0 aromatic heterocycles. The number of ether oxygens (including phenoxy) is 2. The lowest BCUT2D eigenvalue weighted by Crippen LogP contribution is -2.62. The van der Waals surface area contributed by atoms with E-state index in [1.54, 1.807) is 70.8 Å². The zero-order valence-corrected chi connectivity index (χ0v) is 38.7. The number of carboxylic acids is 1. The van der Waals surface area contributed by atoms with Crippen LogP contribution in [0.3, 0.4) is 0 Å². The van der Waals surface area contributed by atoms with Crippen molar-refractivity contribution in [2.24, 2.45) is 17.8 Å². The lowest BCUT2D eigenvalue weighted by Gasteiger charge is -2.41. The molecule has 2 heterocycles. The number of benzene rings is 1. The van der Waals surface area contributed by atoms with Gasteiger partial charge in [-0.15, -0.1) is 0 Å². The number of methoxy groups -OCH3 is 2. The zero-order valence-electron chi connectivity index (χ0n) is 38.7. The summed E-state index contributed by atoms with van der Waals surface area (Å²) in [6.45, 7) is 12.9. The van der Waals surface area contributed by atoms with Gasteiger partial charge in [0.25, 0.3) is 11.8 Å². The van der Waals surface area contributed by atoms with Crippen molar-refractivity contribution in [3.8, 4) is 0 Å². The standard InChI is InChI=1S/C46H70N6O11/c1-11-29(4)40(50(8)43(58)39(28(2)3)48-45(61)46(6,7)49-35(53)21-15-16-24-52-36(54)22-23-37(52)55)34(62-9)27-38(56)51-25-17-20-33(51)41(63-10)30(5)42(57)47-32(44(59)60)26-31-18-13-12-14-19-31/h12-14,18-19,22-23,28-30,32-34,39-41H,11,15-17,20-21,24-27H2,1-10H3,(H,47,57)(H,48,61)(H,49,53)(H,59,60)/t29-,30+,32-,33-,34+,39-,40-,41+/m0/s1. The van der Waals surface area contributed by atoms with E-state index in [0.29, 0.717) is 38.6 Å². The second-order valence-corrected chi connectivity index (χ2v) is 17.7. The second kappa shape index (κ2) is 24.1. The van der Waals surface area contributed by atoms with Crippen LogP contribution in [0.15, 0.2) is 42.5 Å². The van der Waals surface area contributed by atoms with Crippen LogP contribution in [0.2, 0.25) is 0 Å². The lowest BCUT2D eigenvalue weighted by atomic mass is 9.89. The highest BCUT2D eigenvalue weighted by Gasteiger charge is 2.44. The number of carbonyl (C=O) groups is 8. The number of aliphatic carboxylic acids is 1. The molecule has 63 heavy (non-hydrogen) atoms. The van der Waals surface area contributed by atoms with Crippen molar-refractivity contribution < 1.29 is 52.9 Å². The molecule has 2 aliphatic heterocycles. The predicted octanol–water partition coefficient (Wildman–Crippen LogP) is 2.85. The van der Waals surface area contributed by atoms with E-state index in [1.165, 1.54) is 31.3 Å². The second-order valence-electron chi connectivity index (χ2n) is 17.7. The van der Waals surface area contributed by atoms with Crippen molar-refractivity contribution in [3.05, 3.63) is 48.0 Å². The van der Waals surface area contributed by atoms with Gasteiger partial charge in [-0.1, -0.05) is 71.4 Å². The third-order valence-corrected chi connectivity index (χ3v) is 12.3. The fraction of sp³-hybridized carbons (Fsp3) is 0.652. The highest BCUT2D eigenvalue weighted by molar-refractivity contribution is 6.12. The third-order valence-electron chi connectivity index (χ3n) is 12.3. The van der Waals surface area contributed by atoms with Crippen LogP contribution in [-0.4, -0.2) is 143 Å². The van der Waals surface area contributed by atoms with Crippen molar-refractivity contribution in [1.82, 2.24) is 30.7 Å². The molecular formula is C46H70N6O11. The number of hydrogen-bond donors (Lipinski definition) is 4. The Labute approximate surface area is 372 Å². The van der Waals surface area contributed by atoms with E-state index < -0.39 is 77.4 Å². The molecule has 1 aromatic carbocycles. The molecule has 0 radical (unpaired) electrons. The van der Waals surface area contributed by atoms with Crippen molar-refractivity contribution in [1.29, 1.82) is 0 Å². The minimum Gasteiger partial charge on any atom is -0.480 e. The van der Waals surface area contributed by atoms with Gasteiger partial charge in [-0.05, 0) is 56.9 Å². The Morgan fingerprint density at radius 1 is 0.937 bits per heavy atom. The smallest absolute Gasteiger partial charge is 0.326 e. The Morgan fingerprint density at radius 2 is 1.57 bits per heavy atom.